The first kappa shape index (κ1) is 5.21. The molecule has 1 N–H and O–H groups in total. The van der Waals surface area contributed by atoms with Crippen LogP contribution in [0.5, 0.6) is 0 Å². The molecule has 0 saturated carbocycles. The minimum atomic E-state index is 0.817. The number of aromatic nitrogens is 1. The average Bonchev–Trinajstić information content (AvgIpc) is 2.28. The lowest BCUT2D eigenvalue weighted by Crippen LogP contribution is -1.72. The maximum Gasteiger partial charge on any atom is 0.148 e. The van der Waals surface area contributed by atoms with Gasteiger partial charge in [-0.25, -0.2) is 0 Å². The van der Waals surface area contributed by atoms with Crippen LogP contribution >= 0.6 is 0 Å². The Bertz CT molecular complexity index is 326. The van der Waals surface area contributed by atoms with Crippen molar-refractivity contribution in [3.05, 3.63) is 24.0 Å². The zero-order chi connectivity index (χ0) is 6.81. The zero-order valence-corrected chi connectivity index (χ0v) is 5.20. The maximum absolute atomic E-state index is 3.96. The van der Waals surface area contributed by atoms with Crippen LogP contribution in [0.1, 0.15) is 5.56 Å². The van der Waals surface area contributed by atoms with E-state index in [2.05, 4.69) is 20.8 Å². The van der Waals surface area contributed by atoms with Crippen LogP contribution in [0.4, 0.5) is 5.82 Å². The van der Waals surface area contributed by atoms with Crippen LogP contribution in [-0.2, 0) is 0 Å². The minimum Gasteiger partial charge on any atom is -0.345 e. The fourth-order valence-corrected chi connectivity index (χ4v) is 0.818. The molecule has 0 aromatic carbocycles. The van der Waals surface area contributed by atoms with Crippen molar-refractivity contribution < 1.29 is 0 Å². The van der Waals surface area contributed by atoms with Gasteiger partial charge in [-0.2, -0.15) is 4.99 Å². The molecule has 2 rings (SSSR count). The number of H-pyrrole nitrogens is 1. The van der Waals surface area contributed by atoms with Gasteiger partial charge in [0.25, 0.3) is 0 Å². The Balaban J connectivity index is 2.68. The molecular formula is C7H5N3. The third kappa shape index (κ3) is 0.694. The number of aliphatic imine (C=N–C) groups is 2. The van der Waals surface area contributed by atoms with E-state index in [4.69, 9.17) is 0 Å². The molecule has 3 heteroatoms. The van der Waals surface area contributed by atoms with Crippen molar-refractivity contribution in [1.29, 1.82) is 0 Å². The number of nitrogens with one attached hydrogen (secondary N) is 1. The van der Waals surface area contributed by atoms with E-state index in [1.54, 1.807) is 6.21 Å². The molecule has 0 amide bonds. The van der Waals surface area contributed by atoms with Crippen LogP contribution in [-0.4, -0.2) is 17.1 Å². The standard InChI is InChI=1S/C7H5N3/c1-2-9-7-6(1)5-8-3-4-10-7/h1-3,5,9H. The first-order valence-electron chi connectivity index (χ1n) is 2.95. The number of aromatic amines is 1. The Kier molecular flexibility index (Phi) is 1.03. The zero-order valence-electron chi connectivity index (χ0n) is 5.20. The maximum atomic E-state index is 3.96. The monoisotopic (exact) mass is 131 g/mol. The van der Waals surface area contributed by atoms with Gasteiger partial charge in [-0.3, -0.25) is 4.99 Å². The summed E-state index contributed by atoms with van der Waals surface area (Å²) in [6.45, 7) is 0. The van der Waals surface area contributed by atoms with Gasteiger partial charge in [0.05, 0.1) is 6.20 Å². The summed E-state index contributed by atoms with van der Waals surface area (Å²) in [5, 5.41) is 0. The summed E-state index contributed by atoms with van der Waals surface area (Å²) in [5.74, 6) is 3.48. The van der Waals surface area contributed by atoms with Gasteiger partial charge in [-0.05, 0) is 6.07 Å². The van der Waals surface area contributed by atoms with E-state index in [0.717, 1.165) is 11.4 Å². The molecule has 0 atom stereocenters. The molecule has 0 aliphatic carbocycles. The Morgan fingerprint density at radius 1 is 1.50 bits per heavy atom. The molecule has 0 spiro atoms. The molecule has 0 bridgehead atoms. The van der Waals surface area contributed by atoms with Crippen LogP contribution in [0.3, 0.4) is 0 Å². The molecule has 0 radical (unpaired) electrons. The molecule has 0 saturated heterocycles. The summed E-state index contributed by atoms with van der Waals surface area (Å²) in [6.07, 6.45) is 5.11. The summed E-state index contributed by atoms with van der Waals surface area (Å²) >= 11 is 0. The molecule has 0 unspecified atom stereocenters. The molecule has 3 nitrogen and oxygen atoms in total. The molecule has 2 heterocycles. The van der Waals surface area contributed by atoms with Gasteiger partial charge in [0.1, 0.15) is 5.82 Å². The second kappa shape index (κ2) is 1.97. The third-order valence-electron chi connectivity index (χ3n) is 1.28. The Labute approximate surface area is 57.8 Å². The van der Waals surface area contributed by atoms with Crippen LogP contribution in [0.25, 0.3) is 0 Å². The van der Waals surface area contributed by atoms with E-state index < -0.39 is 0 Å². The van der Waals surface area contributed by atoms with Gasteiger partial charge in [-0.1, -0.05) is 0 Å². The van der Waals surface area contributed by atoms with Crippen LogP contribution < -0.4 is 0 Å². The van der Waals surface area contributed by atoms with Crippen molar-refractivity contribution in [2.24, 2.45) is 9.98 Å². The van der Waals surface area contributed by atoms with Gasteiger partial charge < -0.3 is 4.98 Å². The number of rotatable bonds is 0. The fourth-order valence-electron chi connectivity index (χ4n) is 0.818. The summed E-state index contributed by atoms with van der Waals surface area (Å²) in [7, 11) is 0. The van der Waals surface area contributed by atoms with E-state index in [1.807, 2.05) is 12.3 Å². The average molecular weight is 131 g/mol. The second-order valence-electron chi connectivity index (χ2n) is 1.93. The van der Waals surface area contributed by atoms with E-state index in [9.17, 15) is 0 Å². The Morgan fingerprint density at radius 3 is 3.50 bits per heavy atom. The lowest BCUT2D eigenvalue weighted by atomic mass is 10.3. The van der Waals surface area contributed by atoms with Crippen LogP contribution in [0.2, 0.25) is 0 Å². The summed E-state index contributed by atoms with van der Waals surface area (Å²) < 4.78 is 0. The van der Waals surface area contributed by atoms with Gasteiger partial charge in [0.15, 0.2) is 0 Å². The molecule has 0 fully saturated rings. The van der Waals surface area contributed by atoms with Crippen molar-refractivity contribution in [3.8, 4) is 0 Å². The highest BCUT2D eigenvalue weighted by atomic mass is 14.9. The molecular weight excluding hydrogens is 126 g/mol. The number of nitrogens with zero attached hydrogens (tertiary/aromatic N) is 2. The van der Waals surface area contributed by atoms with Crippen molar-refractivity contribution in [2.75, 3.05) is 0 Å². The second-order valence-corrected chi connectivity index (χ2v) is 1.93. The van der Waals surface area contributed by atoms with Crippen molar-refractivity contribution >= 4 is 17.9 Å². The Morgan fingerprint density at radius 2 is 2.50 bits per heavy atom. The van der Waals surface area contributed by atoms with Crippen molar-refractivity contribution in [3.63, 3.8) is 0 Å². The normalized spacial score (nSPS) is 13.2. The third-order valence-corrected chi connectivity index (χ3v) is 1.28. The molecule has 1 aliphatic heterocycles. The molecule has 1 aromatic rings. The van der Waals surface area contributed by atoms with Crippen LogP contribution in [0, 0.1) is 0 Å². The highest BCUT2D eigenvalue weighted by molar-refractivity contribution is 5.88. The summed E-state index contributed by atoms with van der Waals surface area (Å²) in [5.41, 5.74) is 1.00. The number of fused-ring (bicyclic) bond motifs is 1. The highest BCUT2D eigenvalue weighted by Crippen LogP contribution is 2.13. The smallest absolute Gasteiger partial charge is 0.148 e. The molecule has 10 heavy (non-hydrogen) atoms. The Hall–Kier alpha value is -1.60. The predicted molar refractivity (Wildman–Crippen MR) is 40.1 cm³/mol. The summed E-state index contributed by atoms with van der Waals surface area (Å²) in [4.78, 5) is 10.8. The summed E-state index contributed by atoms with van der Waals surface area (Å²) in [6, 6.07) is 1.92. The highest BCUT2D eigenvalue weighted by Gasteiger charge is 1.97. The van der Waals surface area contributed by atoms with Gasteiger partial charge in [0, 0.05) is 23.8 Å². The lowest BCUT2D eigenvalue weighted by molar-refractivity contribution is 1.35. The molecule has 1 aliphatic rings. The number of hydrogen-bond donors (Lipinski definition) is 1. The van der Waals surface area contributed by atoms with E-state index >= 15 is 0 Å². The molecule has 48 valence electrons. The van der Waals surface area contributed by atoms with Crippen molar-refractivity contribution in [2.45, 2.75) is 0 Å². The SMILES string of the molecule is C1=CN=Cc2cc[nH]c2N=1. The minimum absolute atomic E-state index is 0.817. The van der Waals surface area contributed by atoms with Gasteiger partial charge in [0.2, 0.25) is 0 Å². The first-order chi connectivity index (χ1) is 4.97. The fraction of sp³-hybridized carbons (Fsp3) is 0. The topological polar surface area (TPSA) is 40.5 Å². The first-order valence-corrected chi connectivity index (χ1v) is 2.95. The number of hydrogen-bond acceptors (Lipinski definition) is 2. The largest absolute Gasteiger partial charge is 0.345 e. The van der Waals surface area contributed by atoms with E-state index in [1.165, 1.54) is 6.20 Å². The van der Waals surface area contributed by atoms with Crippen molar-refractivity contribution in [1.82, 2.24) is 4.98 Å². The lowest BCUT2D eigenvalue weighted by Gasteiger charge is -1.83. The predicted octanol–water partition coefficient (Wildman–Crippen LogP) is 1.26. The van der Waals surface area contributed by atoms with Gasteiger partial charge in [-0.15, -0.1) is 0 Å². The van der Waals surface area contributed by atoms with Crippen LogP contribution in [0.15, 0.2) is 28.4 Å². The quantitative estimate of drug-likeness (QED) is 0.550. The molecule has 1 aromatic heterocycles. The van der Waals surface area contributed by atoms with E-state index in [-0.39, 0.29) is 0 Å². The van der Waals surface area contributed by atoms with E-state index in [0.29, 0.717) is 0 Å². The van der Waals surface area contributed by atoms with Gasteiger partial charge >= 0.3 is 0 Å².